The highest BCUT2D eigenvalue weighted by Crippen LogP contribution is 2.33. The van der Waals surface area contributed by atoms with Crippen LogP contribution in [-0.2, 0) is 9.47 Å². The van der Waals surface area contributed by atoms with Gasteiger partial charge in [-0.25, -0.2) is 4.79 Å². The van der Waals surface area contributed by atoms with Crippen LogP contribution in [0.25, 0.3) is 0 Å². The van der Waals surface area contributed by atoms with E-state index in [9.17, 15) is 4.79 Å². The monoisotopic (exact) mass is 298 g/mol. The summed E-state index contributed by atoms with van der Waals surface area (Å²) in [5, 5.41) is 3.04. The zero-order chi connectivity index (χ0) is 15.3. The van der Waals surface area contributed by atoms with Crippen molar-refractivity contribution in [3.63, 3.8) is 0 Å². The summed E-state index contributed by atoms with van der Waals surface area (Å²) in [5.74, 6) is 0.462. The van der Waals surface area contributed by atoms with Gasteiger partial charge in [0.05, 0.1) is 13.2 Å². The van der Waals surface area contributed by atoms with Crippen LogP contribution in [0.15, 0.2) is 0 Å². The van der Waals surface area contributed by atoms with Crippen molar-refractivity contribution < 1.29 is 14.3 Å². The van der Waals surface area contributed by atoms with Crippen LogP contribution in [0.1, 0.15) is 46.5 Å². The molecule has 0 aromatic rings. The predicted molar refractivity (Wildman–Crippen MR) is 82.1 cm³/mol. The molecule has 2 saturated heterocycles. The summed E-state index contributed by atoms with van der Waals surface area (Å²) in [5.41, 5.74) is 0. The molecule has 122 valence electrons. The largest absolute Gasteiger partial charge is 0.347 e. The molecule has 2 amide bonds. The number of carbonyl (C=O) groups is 1. The van der Waals surface area contributed by atoms with Crippen molar-refractivity contribution in [1.82, 2.24) is 10.2 Å². The molecule has 0 radical (unpaired) electrons. The number of rotatable bonds is 5. The SMILES string of the molecule is CC(C)CCCNC(=O)N1CCC[C@@H](C2(C)OCCO2)C1. The van der Waals surface area contributed by atoms with Crippen molar-refractivity contribution in [2.45, 2.75) is 52.2 Å². The average molecular weight is 298 g/mol. The minimum atomic E-state index is -0.503. The van der Waals surface area contributed by atoms with Crippen molar-refractivity contribution in [2.24, 2.45) is 11.8 Å². The Hall–Kier alpha value is -0.810. The molecule has 21 heavy (non-hydrogen) atoms. The molecule has 1 atom stereocenters. The molecule has 2 rings (SSSR count). The smallest absolute Gasteiger partial charge is 0.317 e. The number of nitrogens with one attached hydrogen (secondary N) is 1. The first-order chi connectivity index (χ1) is 10.0. The Morgan fingerprint density at radius 2 is 2.10 bits per heavy atom. The number of urea groups is 1. The van der Waals surface area contributed by atoms with Gasteiger partial charge in [0.15, 0.2) is 5.79 Å². The van der Waals surface area contributed by atoms with Gasteiger partial charge in [-0.1, -0.05) is 13.8 Å². The minimum absolute atomic E-state index is 0.0602. The normalized spacial score (nSPS) is 25.3. The van der Waals surface area contributed by atoms with Crippen LogP contribution < -0.4 is 5.32 Å². The highest BCUT2D eigenvalue weighted by molar-refractivity contribution is 5.74. The van der Waals surface area contributed by atoms with Crippen molar-refractivity contribution >= 4 is 6.03 Å². The third-order valence-electron chi connectivity index (χ3n) is 4.55. The molecule has 0 aromatic heterocycles. The van der Waals surface area contributed by atoms with Gasteiger partial charge in [0.25, 0.3) is 0 Å². The van der Waals surface area contributed by atoms with Crippen LogP contribution in [0.5, 0.6) is 0 Å². The minimum Gasteiger partial charge on any atom is -0.347 e. The summed E-state index contributed by atoms with van der Waals surface area (Å²) in [4.78, 5) is 14.2. The second-order valence-corrected chi connectivity index (χ2v) is 6.77. The van der Waals surface area contributed by atoms with Gasteiger partial charge in [0, 0.05) is 25.6 Å². The summed E-state index contributed by atoms with van der Waals surface area (Å²) in [6.07, 6.45) is 4.29. The van der Waals surface area contributed by atoms with E-state index in [1.807, 2.05) is 11.8 Å². The number of amides is 2. The topological polar surface area (TPSA) is 50.8 Å². The van der Waals surface area contributed by atoms with Crippen molar-refractivity contribution in [3.05, 3.63) is 0 Å². The third-order valence-corrected chi connectivity index (χ3v) is 4.55. The number of hydrogen-bond acceptors (Lipinski definition) is 3. The van der Waals surface area contributed by atoms with Crippen LogP contribution in [0, 0.1) is 11.8 Å². The van der Waals surface area contributed by atoms with Gasteiger partial charge in [-0.05, 0) is 38.5 Å². The Bertz CT molecular complexity index is 340. The molecule has 2 fully saturated rings. The van der Waals surface area contributed by atoms with Crippen LogP contribution in [0.4, 0.5) is 4.79 Å². The van der Waals surface area contributed by atoms with Gasteiger partial charge in [-0.2, -0.15) is 0 Å². The molecule has 0 bridgehead atoms. The standard InChI is InChI=1S/C16H30N2O3/c1-13(2)6-4-8-17-15(19)18-9-5-7-14(12-18)16(3)20-10-11-21-16/h13-14H,4-12H2,1-3H3,(H,17,19)/t14-/m1/s1. The van der Waals surface area contributed by atoms with E-state index < -0.39 is 5.79 Å². The van der Waals surface area contributed by atoms with Gasteiger partial charge in [-0.15, -0.1) is 0 Å². The summed E-state index contributed by atoms with van der Waals surface area (Å²) >= 11 is 0. The van der Waals surface area contributed by atoms with E-state index in [0.717, 1.165) is 45.3 Å². The van der Waals surface area contributed by atoms with Gasteiger partial charge in [0.2, 0.25) is 0 Å². The first-order valence-corrected chi connectivity index (χ1v) is 8.32. The second kappa shape index (κ2) is 7.45. The van der Waals surface area contributed by atoms with Crippen LogP contribution in [-0.4, -0.2) is 49.6 Å². The summed E-state index contributed by atoms with van der Waals surface area (Å²) in [6, 6.07) is 0.0602. The molecule has 0 spiro atoms. The Balaban J connectivity index is 1.76. The van der Waals surface area contributed by atoms with Crippen LogP contribution in [0.2, 0.25) is 0 Å². The number of ether oxygens (including phenoxy) is 2. The zero-order valence-corrected chi connectivity index (χ0v) is 13.7. The number of hydrogen-bond donors (Lipinski definition) is 1. The summed E-state index contributed by atoms with van der Waals surface area (Å²) < 4.78 is 11.5. The molecule has 5 nitrogen and oxygen atoms in total. The maximum Gasteiger partial charge on any atom is 0.317 e. The fourth-order valence-corrected chi connectivity index (χ4v) is 3.17. The van der Waals surface area contributed by atoms with Gasteiger partial charge in [-0.3, -0.25) is 0 Å². The predicted octanol–water partition coefficient (Wildman–Crippen LogP) is 2.61. The van der Waals surface area contributed by atoms with E-state index in [4.69, 9.17) is 9.47 Å². The quantitative estimate of drug-likeness (QED) is 0.794. The maximum absolute atomic E-state index is 12.2. The van der Waals surface area contributed by atoms with Crippen LogP contribution in [0.3, 0.4) is 0 Å². The van der Waals surface area contributed by atoms with Gasteiger partial charge >= 0.3 is 6.03 Å². The van der Waals surface area contributed by atoms with Crippen molar-refractivity contribution in [1.29, 1.82) is 0 Å². The lowest BCUT2D eigenvalue weighted by Gasteiger charge is -2.39. The first-order valence-electron chi connectivity index (χ1n) is 8.32. The average Bonchev–Trinajstić information content (AvgIpc) is 2.91. The van der Waals surface area contributed by atoms with Crippen molar-refractivity contribution in [2.75, 3.05) is 32.8 Å². The molecule has 0 unspecified atom stereocenters. The highest BCUT2D eigenvalue weighted by atomic mass is 16.7. The molecule has 0 aromatic carbocycles. The number of carbonyl (C=O) groups excluding carboxylic acids is 1. The third kappa shape index (κ3) is 4.58. The lowest BCUT2D eigenvalue weighted by Crippen LogP contribution is -2.51. The fourth-order valence-electron chi connectivity index (χ4n) is 3.17. The molecule has 2 aliphatic heterocycles. The fraction of sp³-hybridized carbons (Fsp3) is 0.938. The molecule has 5 heteroatoms. The number of piperidine rings is 1. The van der Waals surface area contributed by atoms with E-state index >= 15 is 0 Å². The van der Waals surface area contributed by atoms with E-state index in [2.05, 4.69) is 19.2 Å². The zero-order valence-electron chi connectivity index (χ0n) is 13.7. The first kappa shape index (κ1) is 16.6. The Kier molecular flexibility index (Phi) is 5.88. The Morgan fingerprint density at radius 3 is 2.76 bits per heavy atom. The van der Waals surface area contributed by atoms with E-state index in [0.29, 0.717) is 19.1 Å². The second-order valence-electron chi connectivity index (χ2n) is 6.77. The van der Waals surface area contributed by atoms with Gasteiger partial charge in [0.1, 0.15) is 0 Å². The van der Waals surface area contributed by atoms with Gasteiger partial charge < -0.3 is 19.7 Å². The number of likely N-dealkylation sites (tertiary alicyclic amines) is 1. The van der Waals surface area contributed by atoms with E-state index in [1.165, 1.54) is 0 Å². The molecule has 1 N–H and O–H groups in total. The van der Waals surface area contributed by atoms with Crippen molar-refractivity contribution in [3.8, 4) is 0 Å². The van der Waals surface area contributed by atoms with Crippen LogP contribution >= 0.6 is 0 Å². The van der Waals surface area contributed by atoms with E-state index in [1.54, 1.807) is 0 Å². The molecule has 2 aliphatic rings. The molecule has 0 aliphatic carbocycles. The Morgan fingerprint density at radius 1 is 1.38 bits per heavy atom. The summed E-state index contributed by atoms with van der Waals surface area (Å²) in [6.45, 7) is 10.1. The summed E-state index contributed by atoms with van der Waals surface area (Å²) in [7, 11) is 0. The molecular formula is C16H30N2O3. The highest BCUT2D eigenvalue weighted by Gasteiger charge is 2.42. The molecule has 0 saturated carbocycles. The molecule has 2 heterocycles. The lowest BCUT2D eigenvalue weighted by molar-refractivity contribution is -0.189. The maximum atomic E-state index is 12.2. The molecular weight excluding hydrogens is 268 g/mol. The Labute approximate surface area is 128 Å². The lowest BCUT2D eigenvalue weighted by atomic mass is 9.90. The van der Waals surface area contributed by atoms with E-state index in [-0.39, 0.29) is 11.9 Å². The number of nitrogens with zero attached hydrogens (tertiary/aromatic N) is 1.